The van der Waals surface area contributed by atoms with E-state index in [1.165, 1.54) is 18.3 Å². The lowest BCUT2D eigenvalue weighted by atomic mass is 9.91. The van der Waals surface area contributed by atoms with Crippen molar-refractivity contribution >= 4 is 34.9 Å². The molecule has 226 valence electrons. The highest BCUT2D eigenvalue weighted by Gasteiger charge is 2.35. The first-order valence-electron chi connectivity index (χ1n) is 14.8. The Balaban J connectivity index is 1.52. The quantitative estimate of drug-likeness (QED) is 0.146. The third kappa shape index (κ3) is 5.89. The van der Waals surface area contributed by atoms with Gasteiger partial charge >= 0.3 is 5.97 Å². The fraction of sp³-hybridized carbons (Fsp3) is 0.189. The Hall–Kier alpha value is -5.08. The normalized spacial score (nSPS) is 14.8. The topological polar surface area (TPSA) is 90.9 Å². The summed E-state index contributed by atoms with van der Waals surface area (Å²) in [7, 11) is 0. The maximum absolute atomic E-state index is 14.2. The zero-order valence-corrected chi connectivity index (χ0v) is 26.3. The molecule has 45 heavy (non-hydrogen) atoms. The van der Waals surface area contributed by atoms with Crippen LogP contribution < -0.4 is 14.9 Å². The van der Waals surface area contributed by atoms with Gasteiger partial charge in [-0.2, -0.15) is 0 Å². The maximum atomic E-state index is 14.2. The summed E-state index contributed by atoms with van der Waals surface area (Å²) >= 11 is 1.24. The molecule has 0 amide bonds. The number of esters is 1. The summed E-state index contributed by atoms with van der Waals surface area (Å²) in [6.45, 7) is 7.72. The van der Waals surface area contributed by atoms with Crippen molar-refractivity contribution in [3.63, 3.8) is 0 Å². The van der Waals surface area contributed by atoms with E-state index in [1.54, 1.807) is 35.8 Å². The summed E-state index contributed by atoms with van der Waals surface area (Å²) in [5.74, 6) is 0.914. The summed E-state index contributed by atoms with van der Waals surface area (Å²) in [6, 6.07) is 27.6. The van der Waals surface area contributed by atoms with Crippen molar-refractivity contribution in [1.82, 2.24) is 4.57 Å². The number of nitrogens with zero attached hydrogens (tertiary/aromatic N) is 2. The third-order valence-corrected chi connectivity index (χ3v) is 8.75. The van der Waals surface area contributed by atoms with Crippen molar-refractivity contribution in [2.75, 3.05) is 6.61 Å². The summed E-state index contributed by atoms with van der Waals surface area (Å²) in [5.41, 5.74) is 4.65. The monoisotopic (exact) mass is 616 g/mol. The van der Waals surface area contributed by atoms with Crippen LogP contribution in [-0.2, 0) is 9.53 Å². The zero-order chi connectivity index (χ0) is 31.7. The summed E-state index contributed by atoms with van der Waals surface area (Å²) in [6.07, 6.45) is 1.70. The van der Waals surface area contributed by atoms with Crippen LogP contribution in [0.5, 0.6) is 0 Å². The highest BCUT2D eigenvalue weighted by molar-refractivity contribution is 7.07. The minimum atomic E-state index is -0.745. The molecule has 1 aliphatic rings. The first-order valence-corrected chi connectivity index (χ1v) is 15.7. The van der Waals surface area contributed by atoms with Crippen molar-refractivity contribution in [3.05, 3.63) is 144 Å². The number of furan rings is 1. The molecule has 5 aromatic rings. The Morgan fingerprint density at radius 1 is 0.956 bits per heavy atom. The molecule has 3 heterocycles. The molecule has 0 radical (unpaired) electrons. The number of benzene rings is 3. The predicted octanol–water partition coefficient (Wildman–Crippen LogP) is 6.52. The van der Waals surface area contributed by atoms with Gasteiger partial charge in [0.25, 0.3) is 5.56 Å². The van der Waals surface area contributed by atoms with Crippen LogP contribution in [0.1, 0.15) is 72.5 Å². The van der Waals surface area contributed by atoms with E-state index in [1.807, 2.05) is 72.8 Å². The second kappa shape index (κ2) is 12.5. The highest BCUT2D eigenvalue weighted by atomic mass is 32.1. The van der Waals surface area contributed by atoms with E-state index in [-0.39, 0.29) is 17.9 Å². The molecule has 0 saturated heterocycles. The van der Waals surface area contributed by atoms with Crippen LogP contribution in [0, 0.1) is 0 Å². The number of thiazole rings is 1. The average molecular weight is 617 g/mol. The van der Waals surface area contributed by atoms with Gasteiger partial charge in [-0.1, -0.05) is 104 Å². The van der Waals surface area contributed by atoms with Crippen molar-refractivity contribution in [1.29, 1.82) is 0 Å². The van der Waals surface area contributed by atoms with Gasteiger partial charge in [-0.25, -0.2) is 9.79 Å². The summed E-state index contributed by atoms with van der Waals surface area (Å²) < 4.78 is 13.7. The van der Waals surface area contributed by atoms with E-state index in [2.05, 4.69) is 13.8 Å². The molecule has 1 aliphatic heterocycles. The van der Waals surface area contributed by atoms with Crippen molar-refractivity contribution in [3.8, 4) is 11.3 Å². The predicted molar refractivity (Wildman–Crippen MR) is 176 cm³/mol. The third-order valence-electron chi connectivity index (χ3n) is 7.77. The van der Waals surface area contributed by atoms with Gasteiger partial charge in [-0.05, 0) is 43.0 Å². The van der Waals surface area contributed by atoms with Crippen LogP contribution in [0.25, 0.3) is 23.1 Å². The first kappa shape index (κ1) is 30.0. The van der Waals surface area contributed by atoms with Crippen LogP contribution >= 0.6 is 11.3 Å². The molecule has 0 spiro atoms. The van der Waals surface area contributed by atoms with Gasteiger partial charge in [0.15, 0.2) is 10.6 Å². The van der Waals surface area contributed by atoms with Crippen LogP contribution in [0.15, 0.2) is 111 Å². The Morgan fingerprint density at radius 3 is 2.31 bits per heavy atom. The lowest BCUT2D eigenvalue weighted by Crippen LogP contribution is -2.40. The zero-order valence-electron chi connectivity index (χ0n) is 25.4. The van der Waals surface area contributed by atoms with Gasteiger partial charge in [-0.3, -0.25) is 14.2 Å². The molecular weight excluding hydrogens is 584 g/mol. The van der Waals surface area contributed by atoms with Crippen LogP contribution in [0.4, 0.5) is 0 Å². The molecule has 0 saturated carbocycles. The highest BCUT2D eigenvalue weighted by Crippen LogP contribution is 2.35. The molecule has 0 bridgehead atoms. The SMILES string of the molecule is CCOC(=O)C1=C(c2ccccc2)N=c2s/c(=C\c3ccc(-c4ccc(C(C)=O)cc4)o3)c(=O)n2[C@H]1c1ccc(C(C)C)cc1. The lowest BCUT2D eigenvalue weighted by molar-refractivity contribution is -0.138. The van der Waals surface area contributed by atoms with E-state index in [0.29, 0.717) is 43.6 Å². The molecule has 3 aromatic carbocycles. The van der Waals surface area contributed by atoms with E-state index in [4.69, 9.17) is 14.1 Å². The van der Waals surface area contributed by atoms with Gasteiger partial charge in [0.05, 0.1) is 28.5 Å². The molecular formula is C37H32N2O5S. The number of Topliss-reactive ketones (excluding diaryl/α,β-unsaturated/α-hetero) is 1. The summed E-state index contributed by atoms with van der Waals surface area (Å²) in [4.78, 5) is 44.9. The lowest BCUT2D eigenvalue weighted by Gasteiger charge is -2.26. The number of carbonyl (C=O) groups is 2. The number of fused-ring (bicyclic) bond motifs is 1. The van der Waals surface area contributed by atoms with Gasteiger partial charge in [0.1, 0.15) is 11.5 Å². The second-order valence-electron chi connectivity index (χ2n) is 11.1. The first-order chi connectivity index (χ1) is 21.7. The fourth-order valence-corrected chi connectivity index (χ4v) is 6.38. The Morgan fingerprint density at radius 2 is 1.67 bits per heavy atom. The number of ether oxygens (including phenoxy) is 1. The van der Waals surface area contributed by atoms with Gasteiger partial charge in [0, 0.05) is 22.8 Å². The van der Waals surface area contributed by atoms with E-state index in [9.17, 15) is 14.4 Å². The van der Waals surface area contributed by atoms with Crippen LogP contribution in [-0.4, -0.2) is 22.9 Å². The van der Waals surface area contributed by atoms with E-state index in [0.717, 1.165) is 22.3 Å². The summed E-state index contributed by atoms with van der Waals surface area (Å²) in [5, 5.41) is 0. The number of hydrogen-bond donors (Lipinski definition) is 0. The molecule has 6 rings (SSSR count). The molecule has 1 atom stereocenters. The minimum Gasteiger partial charge on any atom is -0.463 e. The Labute approximate surface area is 264 Å². The van der Waals surface area contributed by atoms with Gasteiger partial charge < -0.3 is 9.15 Å². The minimum absolute atomic E-state index is 0.00670. The fourth-order valence-electron chi connectivity index (χ4n) is 5.40. The van der Waals surface area contributed by atoms with Gasteiger partial charge in [0.2, 0.25) is 0 Å². The van der Waals surface area contributed by atoms with Crippen LogP contribution in [0.2, 0.25) is 0 Å². The van der Waals surface area contributed by atoms with Gasteiger partial charge in [-0.15, -0.1) is 0 Å². The number of aromatic nitrogens is 1. The van der Waals surface area contributed by atoms with Crippen molar-refractivity contribution < 1.29 is 18.7 Å². The molecule has 0 aliphatic carbocycles. The van der Waals surface area contributed by atoms with Crippen LogP contribution in [0.3, 0.4) is 0 Å². The second-order valence-corrected chi connectivity index (χ2v) is 12.1. The van der Waals surface area contributed by atoms with E-state index >= 15 is 0 Å². The maximum Gasteiger partial charge on any atom is 0.338 e. The molecule has 0 fully saturated rings. The largest absolute Gasteiger partial charge is 0.463 e. The molecule has 7 nitrogen and oxygen atoms in total. The molecule has 0 N–H and O–H groups in total. The number of hydrogen-bond acceptors (Lipinski definition) is 7. The Bertz CT molecular complexity index is 2100. The molecule has 2 aromatic heterocycles. The Kier molecular flexibility index (Phi) is 8.32. The number of carbonyl (C=O) groups excluding carboxylic acids is 2. The number of rotatable bonds is 8. The standard InChI is InChI=1S/C37H32N2O5S/c1-5-43-36(42)32-33(27-9-7-6-8-10-27)38-37-39(34(32)28-17-11-24(12-18-28)22(2)3)35(41)31(45-37)21-29-19-20-30(44-29)26-15-13-25(14-16-26)23(4)40/h6-22,34H,5H2,1-4H3/b31-21-/t34-/m0/s1. The smallest absolute Gasteiger partial charge is 0.338 e. The average Bonchev–Trinajstić information content (AvgIpc) is 3.64. The molecule has 0 unspecified atom stereocenters. The number of ketones is 1. The van der Waals surface area contributed by atoms with Crippen molar-refractivity contribution in [2.45, 2.75) is 39.7 Å². The van der Waals surface area contributed by atoms with Crippen molar-refractivity contribution in [2.24, 2.45) is 4.99 Å². The van der Waals surface area contributed by atoms with E-state index < -0.39 is 12.0 Å². The molecule has 8 heteroatoms.